The van der Waals surface area contributed by atoms with E-state index in [9.17, 15) is 0 Å². The lowest BCUT2D eigenvalue weighted by Crippen LogP contribution is -2.50. The zero-order chi connectivity index (χ0) is 12.4. The fourth-order valence-corrected chi connectivity index (χ4v) is 3.95. The average molecular weight is 252 g/mol. The largest absolute Gasteiger partial charge is 0.374 e. The topological polar surface area (TPSA) is 24.5 Å². The van der Waals surface area contributed by atoms with E-state index in [-0.39, 0.29) is 0 Å². The summed E-state index contributed by atoms with van der Waals surface area (Å²) >= 11 is 0. The van der Waals surface area contributed by atoms with Crippen molar-refractivity contribution in [3.05, 3.63) is 0 Å². The molecule has 0 radical (unpaired) electrons. The highest BCUT2D eigenvalue weighted by molar-refractivity contribution is 4.87. The number of rotatable bonds is 4. The van der Waals surface area contributed by atoms with Crippen molar-refractivity contribution in [1.29, 1.82) is 0 Å². The lowest BCUT2D eigenvalue weighted by molar-refractivity contribution is -0.0482. The first-order chi connectivity index (χ1) is 8.83. The zero-order valence-electron chi connectivity index (χ0n) is 11.7. The Morgan fingerprint density at radius 3 is 2.89 bits per heavy atom. The summed E-state index contributed by atoms with van der Waals surface area (Å²) in [5.74, 6) is 0.910. The summed E-state index contributed by atoms with van der Waals surface area (Å²) in [6, 6.07) is 1.40. The summed E-state index contributed by atoms with van der Waals surface area (Å²) in [5, 5.41) is 3.72. The first-order valence-electron chi connectivity index (χ1n) is 7.92. The smallest absolute Gasteiger partial charge is 0.0827 e. The van der Waals surface area contributed by atoms with Crippen molar-refractivity contribution in [2.24, 2.45) is 5.92 Å². The van der Waals surface area contributed by atoms with Crippen molar-refractivity contribution >= 4 is 0 Å². The quantitative estimate of drug-likeness (QED) is 0.828. The maximum Gasteiger partial charge on any atom is 0.0827 e. The van der Waals surface area contributed by atoms with E-state index in [4.69, 9.17) is 4.74 Å². The van der Waals surface area contributed by atoms with Crippen LogP contribution in [0.4, 0.5) is 0 Å². The molecule has 2 aliphatic heterocycles. The molecule has 3 nitrogen and oxygen atoms in total. The van der Waals surface area contributed by atoms with Crippen LogP contribution in [0.5, 0.6) is 0 Å². The summed E-state index contributed by atoms with van der Waals surface area (Å²) in [7, 11) is 0. The first kappa shape index (κ1) is 12.9. The Kier molecular flexibility index (Phi) is 4.22. The van der Waals surface area contributed by atoms with Gasteiger partial charge in [-0.05, 0) is 45.1 Å². The molecule has 0 bridgehead atoms. The normalized spacial score (nSPS) is 35.8. The molecule has 1 N–H and O–H groups in total. The van der Waals surface area contributed by atoms with Gasteiger partial charge >= 0.3 is 0 Å². The molecule has 1 aliphatic carbocycles. The molecule has 18 heavy (non-hydrogen) atoms. The third-order valence-corrected chi connectivity index (χ3v) is 5.24. The molecular weight excluding hydrogens is 224 g/mol. The summed E-state index contributed by atoms with van der Waals surface area (Å²) in [4.78, 5) is 2.64. The molecule has 3 aliphatic rings. The maximum absolute atomic E-state index is 6.00. The van der Waals surface area contributed by atoms with E-state index in [1.54, 1.807) is 0 Å². The fourth-order valence-electron chi connectivity index (χ4n) is 3.95. The van der Waals surface area contributed by atoms with E-state index >= 15 is 0 Å². The molecule has 0 aromatic rings. The lowest BCUT2D eigenvalue weighted by Gasteiger charge is -2.36. The fraction of sp³-hybridized carbons (Fsp3) is 1.00. The van der Waals surface area contributed by atoms with Gasteiger partial charge in [-0.25, -0.2) is 0 Å². The summed E-state index contributed by atoms with van der Waals surface area (Å²) in [6.07, 6.45) is 8.86. The molecule has 3 unspecified atom stereocenters. The first-order valence-corrected chi connectivity index (χ1v) is 7.92. The number of ether oxygens (including phenoxy) is 1. The third-order valence-electron chi connectivity index (χ3n) is 5.24. The van der Waals surface area contributed by atoms with Gasteiger partial charge in [0.15, 0.2) is 0 Å². The Hall–Kier alpha value is -0.120. The molecule has 0 amide bonds. The van der Waals surface area contributed by atoms with Crippen molar-refractivity contribution in [3.63, 3.8) is 0 Å². The standard InChI is InChI=1S/C15H28N2O/c1-12(13-5-2-3-6-13)16-9-15-10-17-8-4-7-14(17)11-18-15/h12-16H,2-11H2,1H3. The third kappa shape index (κ3) is 2.89. The Morgan fingerprint density at radius 2 is 2.06 bits per heavy atom. The minimum atomic E-state index is 0.420. The van der Waals surface area contributed by atoms with E-state index in [2.05, 4.69) is 17.1 Å². The molecule has 0 aromatic carbocycles. The van der Waals surface area contributed by atoms with E-state index < -0.39 is 0 Å². The summed E-state index contributed by atoms with van der Waals surface area (Å²) in [5.41, 5.74) is 0. The molecule has 3 fully saturated rings. The van der Waals surface area contributed by atoms with Crippen molar-refractivity contribution in [3.8, 4) is 0 Å². The van der Waals surface area contributed by atoms with Crippen LogP contribution in [-0.4, -0.2) is 49.3 Å². The number of hydrogen-bond donors (Lipinski definition) is 1. The van der Waals surface area contributed by atoms with Gasteiger partial charge in [0.25, 0.3) is 0 Å². The van der Waals surface area contributed by atoms with Gasteiger partial charge in [0, 0.05) is 25.2 Å². The van der Waals surface area contributed by atoms with Gasteiger partial charge in [0.2, 0.25) is 0 Å². The number of nitrogens with zero attached hydrogens (tertiary/aromatic N) is 1. The zero-order valence-corrected chi connectivity index (χ0v) is 11.7. The van der Waals surface area contributed by atoms with Crippen molar-refractivity contribution in [1.82, 2.24) is 10.2 Å². The van der Waals surface area contributed by atoms with Gasteiger partial charge in [-0.2, -0.15) is 0 Å². The molecule has 3 rings (SSSR count). The number of morpholine rings is 1. The van der Waals surface area contributed by atoms with Gasteiger partial charge in [-0.1, -0.05) is 12.8 Å². The highest BCUT2D eigenvalue weighted by Gasteiger charge is 2.32. The maximum atomic E-state index is 6.00. The van der Waals surface area contributed by atoms with Gasteiger partial charge in [-0.15, -0.1) is 0 Å². The second kappa shape index (κ2) is 5.89. The van der Waals surface area contributed by atoms with Crippen LogP contribution in [0.3, 0.4) is 0 Å². The van der Waals surface area contributed by atoms with Crippen LogP contribution < -0.4 is 5.32 Å². The summed E-state index contributed by atoms with van der Waals surface area (Å²) < 4.78 is 6.00. The van der Waals surface area contributed by atoms with E-state index in [0.717, 1.165) is 31.7 Å². The highest BCUT2D eigenvalue weighted by atomic mass is 16.5. The predicted octanol–water partition coefficient (Wildman–Crippen LogP) is 2.02. The van der Waals surface area contributed by atoms with Crippen molar-refractivity contribution in [2.75, 3.05) is 26.2 Å². The number of nitrogens with one attached hydrogen (secondary N) is 1. The molecule has 2 heterocycles. The van der Waals surface area contributed by atoms with E-state index in [1.807, 2.05) is 0 Å². The number of fused-ring (bicyclic) bond motifs is 1. The Bertz CT molecular complexity index is 265. The Balaban J connectivity index is 1.40. The molecule has 104 valence electrons. The molecular formula is C15H28N2O. The van der Waals surface area contributed by atoms with Gasteiger partial charge in [0.1, 0.15) is 0 Å². The number of hydrogen-bond acceptors (Lipinski definition) is 3. The molecule has 0 spiro atoms. The second-order valence-corrected chi connectivity index (χ2v) is 6.49. The van der Waals surface area contributed by atoms with Crippen molar-refractivity contribution in [2.45, 2.75) is 63.6 Å². The summed E-state index contributed by atoms with van der Waals surface area (Å²) in [6.45, 7) is 6.81. The van der Waals surface area contributed by atoms with Crippen LogP contribution in [0.25, 0.3) is 0 Å². The Labute approximate surface area is 111 Å². The predicted molar refractivity (Wildman–Crippen MR) is 73.8 cm³/mol. The average Bonchev–Trinajstić information content (AvgIpc) is 3.05. The van der Waals surface area contributed by atoms with Crippen molar-refractivity contribution < 1.29 is 4.74 Å². The SMILES string of the molecule is CC(NCC1CN2CCCC2CO1)C1CCCC1. The van der Waals surface area contributed by atoms with E-state index in [0.29, 0.717) is 12.1 Å². The van der Waals surface area contributed by atoms with Crippen LogP contribution >= 0.6 is 0 Å². The molecule has 2 saturated heterocycles. The lowest BCUT2D eigenvalue weighted by atomic mass is 9.99. The van der Waals surface area contributed by atoms with Crippen LogP contribution in [0.15, 0.2) is 0 Å². The van der Waals surface area contributed by atoms with Crippen LogP contribution in [0.2, 0.25) is 0 Å². The van der Waals surface area contributed by atoms with Gasteiger partial charge < -0.3 is 10.1 Å². The highest BCUT2D eigenvalue weighted by Crippen LogP contribution is 2.27. The Morgan fingerprint density at radius 1 is 1.22 bits per heavy atom. The van der Waals surface area contributed by atoms with Gasteiger partial charge in [0.05, 0.1) is 12.7 Å². The minimum absolute atomic E-state index is 0.420. The monoisotopic (exact) mass is 252 g/mol. The van der Waals surface area contributed by atoms with Crippen LogP contribution in [-0.2, 0) is 4.74 Å². The van der Waals surface area contributed by atoms with Gasteiger partial charge in [-0.3, -0.25) is 4.90 Å². The molecule has 0 aromatic heterocycles. The van der Waals surface area contributed by atoms with E-state index in [1.165, 1.54) is 45.1 Å². The molecule has 1 saturated carbocycles. The molecule has 3 atom stereocenters. The van der Waals surface area contributed by atoms with Crippen LogP contribution in [0, 0.1) is 5.92 Å². The molecule has 3 heteroatoms. The minimum Gasteiger partial charge on any atom is -0.374 e. The van der Waals surface area contributed by atoms with Crippen LogP contribution in [0.1, 0.15) is 45.4 Å². The second-order valence-electron chi connectivity index (χ2n) is 6.49.